The van der Waals surface area contributed by atoms with Gasteiger partial charge in [0, 0.05) is 23.7 Å². The quantitative estimate of drug-likeness (QED) is 0.771. The normalized spacial score (nSPS) is 10.9. The first-order chi connectivity index (χ1) is 7.74. The number of benzene rings is 1. The molecular formula is C14H17NO. The monoisotopic (exact) mass is 215 g/mol. The molecule has 0 amide bonds. The van der Waals surface area contributed by atoms with Crippen LogP contribution in [-0.4, -0.2) is 4.57 Å². The van der Waals surface area contributed by atoms with E-state index in [1.54, 1.807) is 0 Å². The van der Waals surface area contributed by atoms with Crippen LogP contribution in [0.2, 0.25) is 0 Å². The lowest BCUT2D eigenvalue weighted by atomic mass is 10.1. The highest BCUT2D eigenvalue weighted by Crippen LogP contribution is 2.12. The van der Waals surface area contributed by atoms with Crippen LogP contribution in [0.25, 0.3) is 10.9 Å². The van der Waals surface area contributed by atoms with Crippen LogP contribution in [0.3, 0.4) is 0 Å². The van der Waals surface area contributed by atoms with E-state index in [4.69, 9.17) is 0 Å². The topological polar surface area (TPSA) is 22.0 Å². The standard InChI is InChI=1S/C14H17NO/c1-3-4-9-15-10-11(2)14(16)12-7-5-6-8-13(12)15/h5-8,10H,3-4,9H2,1-2H3. The van der Waals surface area contributed by atoms with E-state index in [1.807, 2.05) is 37.4 Å². The van der Waals surface area contributed by atoms with E-state index in [0.29, 0.717) is 0 Å². The third-order valence-electron chi connectivity index (χ3n) is 2.92. The minimum Gasteiger partial charge on any atom is -0.347 e. The highest BCUT2D eigenvalue weighted by Gasteiger charge is 2.04. The molecule has 1 aromatic carbocycles. The van der Waals surface area contributed by atoms with E-state index in [-0.39, 0.29) is 5.43 Å². The maximum absolute atomic E-state index is 11.9. The van der Waals surface area contributed by atoms with Crippen molar-refractivity contribution in [1.82, 2.24) is 4.57 Å². The highest BCUT2D eigenvalue weighted by atomic mass is 16.1. The molecule has 0 atom stereocenters. The number of fused-ring (bicyclic) bond motifs is 1. The molecular weight excluding hydrogens is 198 g/mol. The zero-order chi connectivity index (χ0) is 11.5. The van der Waals surface area contributed by atoms with E-state index < -0.39 is 0 Å². The van der Waals surface area contributed by atoms with Gasteiger partial charge in [0.05, 0.1) is 5.52 Å². The van der Waals surface area contributed by atoms with Crippen molar-refractivity contribution in [2.24, 2.45) is 0 Å². The second kappa shape index (κ2) is 4.52. The van der Waals surface area contributed by atoms with Crippen molar-refractivity contribution in [3.63, 3.8) is 0 Å². The molecule has 0 saturated heterocycles. The molecule has 0 radical (unpaired) electrons. The van der Waals surface area contributed by atoms with E-state index in [2.05, 4.69) is 11.5 Å². The van der Waals surface area contributed by atoms with E-state index in [0.717, 1.165) is 29.4 Å². The van der Waals surface area contributed by atoms with Gasteiger partial charge in [-0.2, -0.15) is 0 Å². The summed E-state index contributed by atoms with van der Waals surface area (Å²) in [5, 5.41) is 0.832. The van der Waals surface area contributed by atoms with Crippen LogP contribution in [0, 0.1) is 6.92 Å². The van der Waals surface area contributed by atoms with Crippen molar-refractivity contribution in [2.45, 2.75) is 33.2 Å². The van der Waals surface area contributed by atoms with Crippen molar-refractivity contribution in [2.75, 3.05) is 0 Å². The maximum Gasteiger partial charge on any atom is 0.192 e. The Kier molecular flexibility index (Phi) is 3.09. The smallest absolute Gasteiger partial charge is 0.192 e. The first-order valence-corrected chi connectivity index (χ1v) is 5.83. The summed E-state index contributed by atoms with van der Waals surface area (Å²) in [5.41, 5.74) is 2.03. The Morgan fingerprint density at radius 3 is 2.75 bits per heavy atom. The Morgan fingerprint density at radius 2 is 2.00 bits per heavy atom. The van der Waals surface area contributed by atoms with Gasteiger partial charge in [-0.1, -0.05) is 25.5 Å². The largest absolute Gasteiger partial charge is 0.347 e. The van der Waals surface area contributed by atoms with Crippen LogP contribution in [0.1, 0.15) is 25.3 Å². The highest BCUT2D eigenvalue weighted by molar-refractivity contribution is 5.79. The predicted molar refractivity (Wildman–Crippen MR) is 67.9 cm³/mol. The molecule has 16 heavy (non-hydrogen) atoms. The van der Waals surface area contributed by atoms with Crippen LogP contribution in [0.15, 0.2) is 35.3 Å². The zero-order valence-electron chi connectivity index (χ0n) is 9.86. The van der Waals surface area contributed by atoms with Crippen molar-refractivity contribution < 1.29 is 0 Å². The minimum atomic E-state index is 0.156. The summed E-state index contributed by atoms with van der Waals surface area (Å²) in [7, 11) is 0. The number of nitrogens with zero attached hydrogens (tertiary/aromatic N) is 1. The fourth-order valence-electron chi connectivity index (χ4n) is 2.00. The molecule has 0 N–H and O–H groups in total. The predicted octanol–water partition coefficient (Wildman–Crippen LogP) is 3.11. The van der Waals surface area contributed by atoms with Gasteiger partial charge in [0.1, 0.15) is 0 Å². The lowest BCUT2D eigenvalue weighted by Crippen LogP contribution is -2.12. The van der Waals surface area contributed by atoms with Crippen LogP contribution >= 0.6 is 0 Å². The summed E-state index contributed by atoms with van der Waals surface area (Å²) in [5.74, 6) is 0. The molecule has 0 spiro atoms. The number of hydrogen-bond donors (Lipinski definition) is 0. The summed E-state index contributed by atoms with van der Waals surface area (Å²) in [6, 6.07) is 7.84. The SMILES string of the molecule is CCCCn1cc(C)c(=O)c2ccccc21. The second-order valence-corrected chi connectivity index (χ2v) is 4.21. The summed E-state index contributed by atoms with van der Waals surface area (Å²) in [6.45, 7) is 5.05. The molecule has 2 nitrogen and oxygen atoms in total. The number of para-hydroxylation sites is 1. The van der Waals surface area contributed by atoms with Crippen LogP contribution in [-0.2, 0) is 6.54 Å². The summed E-state index contributed by atoms with van der Waals surface area (Å²) >= 11 is 0. The Morgan fingerprint density at radius 1 is 1.25 bits per heavy atom. The number of pyridine rings is 1. The summed E-state index contributed by atoms with van der Waals surface area (Å²) < 4.78 is 2.19. The maximum atomic E-state index is 11.9. The second-order valence-electron chi connectivity index (χ2n) is 4.21. The molecule has 0 unspecified atom stereocenters. The Hall–Kier alpha value is -1.57. The Balaban J connectivity index is 2.65. The molecule has 1 heterocycles. The third-order valence-corrected chi connectivity index (χ3v) is 2.92. The fraction of sp³-hybridized carbons (Fsp3) is 0.357. The summed E-state index contributed by atoms with van der Waals surface area (Å²) in [4.78, 5) is 11.9. The first kappa shape index (κ1) is 10.9. The third kappa shape index (κ3) is 1.87. The molecule has 0 aliphatic rings. The van der Waals surface area contributed by atoms with Gasteiger partial charge >= 0.3 is 0 Å². The Labute approximate surface area is 95.5 Å². The van der Waals surface area contributed by atoms with Crippen molar-refractivity contribution >= 4 is 10.9 Å². The van der Waals surface area contributed by atoms with Gasteiger partial charge in [0.2, 0.25) is 0 Å². The lowest BCUT2D eigenvalue weighted by Gasteiger charge is -2.11. The number of unbranched alkanes of at least 4 members (excludes halogenated alkanes) is 1. The number of aromatic nitrogens is 1. The molecule has 1 aromatic heterocycles. The molecule has 0 aliphatic carbocycles. The van der Waals surface area contributed by atoms with Crippen molar-refractivity contribution in [3.8, 4) is 0 Å². The van der Waals surface area contributed by atoms with E-state index >= 15 is 0 Å². The molecule has 2 rings (SSSR count). The average molecular weight is 215 g/mol. The Bertz CT molecular complexity index is 554. The van der Waals surface area contributed by atoms with Gasteiger partial charge in [-0.3, -0.25) is 4.79 Å². The number of aryl methyl sites for hydroxylation is 2. The molecule has 84 valence electrons. The van der Waals surface area contributed by atoms with Gasteiger partial charge in [-0.05, 0) is 25.5 Å². The molecule has 0 aliphatic heterocycles. The fourth-order valence-corrected chi connectivity index (χ4v) is 2.00. The van der Waals surface area contributed by atoms with Crippen molar-refractivity contribution in [3.05, 3.63) is 46.2 Å². The minimum absolute atomic E-state index is 0.156. The van der Waals surface area contributed by atoms with Gasteiger partial charge in [-0.25, -0.2) is 0 Å². The van der Waals surface area contributed by atoms with Gasteiger partial charge in [0.15, 0.2) is 5.43 Å². The zero-order valence-corrected chi connectivity index (χ0v) is 9.86. The number of rotatable bonds is 3. The van der Waals surface area contributed by atoms with Crippen LogP contribution in [0.4, 0.5) is 0 Å². The van der Waals surface area contributed by atoms with Gasteiger partial charge in [0.25, 0.3) is 0 Å². The number of hydrogen-bond acceptors (Lipinski definition) is 1. The summed E-state index contributed by atoms with van der Waals surface area (Å²) in [6.07, 6.45) is 4.28. The van der Waals surface area contributed by atoms with Gasteiger partial charge in [-0.15, -0.1) is 0 Å². The van der Waals surface area contributed by atoms with Crippen molar-refractivity contribution in [1.29, 1.82) is 0 Å². The molecule has 0 fully saturated rings. The molecule has 2 aromatic rings. The van der Waals surface area contributed by atoms with Crippen LogP contribution < -0.4 is 5.43 Å². The average Bonchev–Trinajstić information content (AvgIpc) is 2.32. The molecule has 0 bridgehead atoms. The lowest BCUT2D eigenvalue weighted by molar-refractivity contribution is 0.644. The van der Waals surface area contributed by atoms with Crippen LogP contribution in [0.5, 0.6) is 0 Å². The van der Waals surface area contributed by atoms with Gasteiger partial charge < -0.3 is 4.57 Å². The van der Waals surface area contributed by atoms with E-state index in [9.17, 15) is 4.79 Å². The molecule has 2 heteroatoms. The first-order valence-electron chi connectivity index (χ1n) is 5.83. The van der Waals surface area contributed by atoms with E-state index in [1.165, 1.54) is 6.42 Å². The molecule has 0 saturated carbocycles.